The van der Waals surface area contributed by atoms with Gasteiger partial charge in [0, 0.05) is 0 Å². The number of carbonyl (C=O) groups is 2. The lowest BCUT2D eigenvalue weighted by atomic mass is 9.83. The number of nitriles is 1. The Morgan fingerprint density at radius 3 is 2.64 bits per heavy atom. The smallest absolute Gasteiger partial charge is 0.349 e. The number of rotatable bonds is 4. The van der Waals surface area contributed by atoms with Crippen LogP contribution >= 0.6 is 11.3 Å². The molecule has 0 radical (unpaired) electrons. The summed E-state index contributed by atoms with van der Waals surface area (Å²) in [7, 11) is 0. The van der Waals surface area contributed by atoms with Gasteiger partial charge < -0.3 is 10.1 Å². The Morgan fingerprint density at radius 1 is 1.41 bits per heavy atom. The average Bonchev–Trinajstić information content (AvgIpc) is 2.94. The zero-order chi connectivity index (χ0) is 16.2. The largest absolute Gasteiger partial charge is 0.448 e. The Kier molecular flexibility index (Phi) is 5.19. The summed E-state index contributed by atoms with van der Waals surface area (Å²) in [6.45, 7) is 3.36. The quantitative estimate of drug-likeness (QED) is 0.865. The van der Waals surface area contributed by atoms with E-state index in [0.29, 0.717) is 17.7 Å². The number of nitrogens with one attached hydrogen (secondary N) is 1. The predicted octanol–water partition coefficient (Wildman–Crippen LogP) is 2.94. The number of hydrogen-bond donors (Lipinski definition) is 1. The summed E-state index contributed by atoms with van der Waals surface area (Å²) in [5.74, 6) is -0.907. The molecule has 1 aromatic heterocycles. The number of amides is 1. The third-order valence-electron chi connectivity index (χ3n) is 3.98. The molecular weight excluding hydrogens is 300 g/mol. The number of ether oxygens (including phenoxy) is 1. The van der Waals surface area contributed by atoms with Crippen molar-refractivity contribution in [2.75, 3.05) is 0 Å². The number of nitrogens with zero attached hydrogens (tertiary/aromatic N) is 1. The predicted molar refractivity (Wildman–Crippen MR) is 83.5 cm³/mol. The first-order valence-corrected chi connectivity index (χ1v) is 8.34. The Morgan fingerprint density at radius 2 is 2.09 bits per heavy atom. The lowest BCUT2D eigenvalue weighted by Crippen LogP contribution is -2.52. The average molecular weight is 320 g/mol. The van der Waals surface area contributed by atoms with Crippen molar-refractivity contribution in [1.82, 2.24) is 5.32 Å². The van der Waals surface area contributed by atoms with Crippen LogP contribution in [0.1, 0.15) is 54.3 Å². The SMILES string of the molecule is Cc1ccsc1C(=O)O[C@H](C)C(=O)NC1(C#N)CCCCC1. The first kappa shape index (κ1) is 16.5. The van der Waals surface area contributed by atoms with E-state index in [1.54, 1.807) is 0 Å². The van der Waals surface area contributed by atoms with E-state index in [9.17, 15) is 14.9 Å². The van der Waals surface area contributed by atoms with E-state index in [0.717, 1.165) is 24.8 Å². The summed E-state index contributed by atoms with van der Waals surface area (Å²) < 4.78 is 5.22. The molecule has 1 N–H and O–H groups in total. The van der Waals surface area contributed by atoms with E-state index in [4.69, 9.17) is 4.74 Å². The van der Waals surface area contributed by atoms with Gasteiger partial charge in [0.1, 0.15) is 10.4 Å². The second kappa shape index (κ2) is 6.93. The highest BCUT2D eigenvalue weighted by molar-refractivity contribution is 7.12. The maximum absolute atomic E-state index is 12.2. The van der Waals surface area contributed by atoms with Gasteiger partial charge in [0.2, 0.25) is 0 Å². The van der Waals surface area contributed by atoms with E-state index in [-0.39, 0.29) is 0 Å². The van der Waals surface area contributed by atoms with Crippen molar-refractivity contribution in [3.63, 3.8) is 0 Å². The first-order chi connectivity index (χ1) is 10.5. The van der Waals surface area contributed by atoms with Gasteiger partial charge in [-0.2, -0.15) is 5.26 Å². The van der Waals surface area contributed by atoms with Crippen molar-refractivity contribution < 1.29 is 14.3 Å². The molecule has 6 heteroatoms. The van der Waals surface area contributed by atoms with Crippen LogP contribution in [-0.4, -0.2) is 23.5 Å². The Balaban J connectivity index is 1.96. The zero-order valence-corrected chi connectivity index (χ0v) is 13.7. The molecular formula is C16H20N2O3S. The van der Waals surface area contributed by atoms with Gasteiger partial charge >= 0.3 is 5.97 Å². The van der Waals surface area contributed by atoms with Crippen molar-refractivity contribution in [1.29, 1.82) is 5.26 Å². The van der Waals surface area contributed by atoms with Gasteiger partial charge in [-0.15, -0.1) is 11.3 Å². The maximum Gasteiger partial charge on any atom is 0.349 e. The van der Waals surface area contributed by atoms with Crippen LogP contribution in [0.15, 0.2) is 11.4 Å². The van der Waals surface area contributed by atoms with Crippen LogP contribution in [-0.2, 0) is 9.53 Å². The van der Waals surface area contributed by atoms with Gasteiger partial charge in [0.15, 0.2) is 6.10 Å². The normalized spacial score (nSPS) is 18.0. The van der Waals surface area contributed by atoms with Gasteiger partial charge in [-0.3, -0.25) is 4.79 Å². The van der Waals surface area contributed by atoms with Crippen LogP contribution in [0.4, 0.5) is 0 Å². The summed E-state index contributed by atoms with van der Waals surface area (Å²) in [5, 5.41) is 14.0. The van der Waals surface area contributed by atoms with Crippen molar-refractivity contribution in [3.8, 4) is 6.07 Å². The molecule has 0 saturated heterocycles. The van der Waals surface area contributed by atoms with E-state index in [1.165, 1.54) is 18.3 Å². The highest BCUT2D eigenvalue weighted by Gasteiger charge is 2.35. The van der Waals surface area contributed by atoms with Crippen molar-refractivity contribution in [2.45, 2.75) is 57.6 Å². The fourth-order valence-electron chi connectivity index (χ4n) is 2.61. The lowest BCUT2D eigenvalue weighted by Gasteiger charge is -2.32. The number of carbonyl (C=O) groups excluding carboxylic acids is 2. The molecule has 0 spiro atoms. The molecule has 22 heavy (non-hydrogen) atoms. The van der Waals surface area contributed by atoms with Crippen LogP contribution < -0.4 is 5.32 Å². The van der Waals surface area contributed by atoms with E-state index in [2.05, 4.69) is 11.4 Å². The van der Waals surface area contributed by atoms with Gasteiger partial charge in [-0.05, 0) is 43.7 Å². The molecule has 1 aromatic rings. The molecule has 0 unspecified atom stereocenters. The Labute approximate surface area is 134 Å². The zero-order valence-electron chi connectivity index (χ0n) is 12.8. The second-order valence-electron chi connectivity index (χ2n) is 5.72. The van der Waals surface area contributed by atoms with Crippen LogP contribution in [0.5, 0.6) is 0 Å². The molecule has 1 heterocycles. The van der Waals surface area contributed by atoms with Crippen LogP contribution in [0.25, 0.3) is 0 Å². The molecule has 2 rings (SSSR count). The number of thiophene rings is 1. The highest BCUT2D eigenvalue weighted by atomic mass is 32.1. The molecule has 0 aliphatic heterocycles. The van der Waals surface area contributed by atoms with Crippen molar-refractivity contribution >= 4 is 23.2 Å². The minimum absolute atomic E-state index is 0.411. The third kappa shape index (κ3) is 3.66. The van der Waals surface area contributed by atoms with Gasteiger partial charge in [-0.25, -0.2) is 4.79 Å². The minimum atomic E-state index is -0.916. The Hall–Kier alpha value is -1.87. The minimum Gasteiger partial charge on any atom is -0.448 e. The topological polar surface area (TPSA) is 79.2 Å². The van der Waals surface area contributed by atoms with Gasteiger partial charge in [0.05, 0.1) is 6.07 Å². The lowest BCUT2D eigenvalue weighted by molar-refractivity contribution is -0.130. The maximum atomic E-state index is 12.2. The summed E-state index contributed by atoms with van der Waals surface area (Å²) >= 11 is 1.29. The summed E-state index contributed by atoms with van der Waals surface area (Å²) in [5.41, 5.74) is 0.0258. The molecule has 1 aliphatic carbocycles. The van der Waals surface area contributed by atoms with Crippen LogP contribution in [0, 0.1) is 18.3 Å². The van der Waals surface area contributed by atoms with Crippen molar-refractivity contribution in [3.05, 3.63) is 21.9 Å². The van der Waals surface area contributed by atoms with E-state index < -0.39 is 23.5 Å². The fourth-order valence-corrected chi connectivity index (χ4v) is 3.41. The van der Waals surface area contributed by atoms with E-state index in [1.807, 2.05) is 18.4 Å². The molecule has 1 fully saturated rings. The second-order valence-corrected chi connectivity index (χ2v) is 6.64. The molecule has 0 bridgehead atoms. The molecule has 1 atom stereocenters. The molecule has 1 saturated carbocycles. The fraction of sp³-hybridized carbons (Fsp3) is 0.562. The molecule has 118 valence electrons. The number of hydrogen-bond acceptors (Lipinski definition) is 5. The first-order valence-electron chi connectivity index (χ1n) is 7.46. The van der Waals surface area contributed by atoms with Gasteiger partial charge in [-0.1, -0.05) is 19.3 Å². The summed E-state index contributed by atoms with van der Waals surface area (Å²) in [6.07, 6.45) is 3.33. The third-order valence-corrected chi connectivity index (χ3v) is 4.98. The molecule has 1 aliphatic rings. The Bertz CT molecular complexity index is 597. The van der Waals surface area contributed by atoms with Crippen LogP contribution in [0.3, 0.4) is 0 Å². The molecule has 0 aromatic carbocycles. The summed E-state index contributed by atoms with van der Waals surface area (Å²) in [6, 6.07) is 4.05. The molecule has 5 nitrogen and oxygen atoms in total. The van der Waals surface area contributed by atoms with Crippen LogP contribution in [0.2, 0.25) is 0 Å². The molecule has 1 amide bonds. The number of esters is 1. The van der Waals surface area contributed by atoms with E-state index >= 15 is 0 Å². The summed E-state index contributed by atoms with van der Waals surface area (Å²) in [4.78, 5) is 24.8. The highest BCUT2D eigenvalue weighted by Crippen LogP contribution is 2.27. The standard InChI is InChI=1S/C16H20N2O3S/c1-11-6-9-22-13(11)15(20)21-12(2)14(19)18-16(10-17)7-4-3-5-8-16/h6,9,12H,3-5,7-8H2,1-2H3,(H,18,19)/t12-/m1/s1. The van der Waals surface area contributed by atoms with Gasteiger partial charge in [0.25, 0.3) is 5.91 Å². The number of aryl methyl sites for hydroxylation is 1. The monoisotopic (exact) mass is 320 g/mol. The van der Waals surface area contributed by atoms with Crippen molar-refractivity contribution in [2.24, 2.45) is 0 Å².